The Balaban J connectivity index is 0.000000299. The molecule has 145 valence electrons. The number of ether oxygens (including phenoxy) is 2. The molecule has 0 amide bonds. The molecule has 3 unspecified atom stereocenters. The van der Waals surface area contributed by atoms with E-state index in [9.17, 15) is 4.79 Å². The number of carbonyl (C=O) groups is 1. The van der Waals surface area contributed by atoms with Gasteiger partial charge in [0.05, 0.1) is 18.8 Å². The van der Waals surface area contributed by atoms with E-state index in [1.807, 2.05) is 0 Å². The normalized spacial score (nSPS) is 24.6. The molecular formula is C18H33O6Si. The smallest absolute Gasteiger partial charge is 0.462 e. The van der Waals surface area contributed by atoms with Crippen molar-refractivity contribution in [1.82, 2.24) is 0 Å². The summed E-state index contributed by atoms with van der Waals surface area (Å²) < 4.78 is 26.5. The van der Waals surface area contributed by atoms with Gasteiger partial charge in [-0.2, -0.15) is 0 Å². The van der Waals surface area contributed by atoms with Gasteiger partial charge < -0.3 is 22.8 Å². The summed E-state index contributed by atoms with van der Waals surface area (Å²) in [5.74, 6) is 0.426. The summed E-state index contributed by atoms with van der Waals surface area (Å²) in [5.41, 5.74) is 0.434. The molecule has 2 fully saturated rings. The minimum absolute atomic E-state index is 0.335. The molecule has 1 radical (unpaired) electrons. The maximum atomic E-state index is 10.6. The monoisotopic (exact) mass is 373 g/mol. The van der Waals surface area contributed by atoms with E-state index in [2.05, 4.69) is 18.2 Å². The van der Waals surface area contributed by atoms with Crippen LogP contribution in [0.4, 0.5) is 0 Å². The molecule has 1 aliphatic carbocycles. The first-order chi connectivity index (χ1) is 11.9. The Hall–Kier alpha value is -0.733. The molecule has 1 saturated heterocycles. The van der Waals surface area contributed by atoms with Crippen LogP contribution in [0.1, 0.15) is 39.0 Å². The lowest BCUT2D eigenvalue weighted by Crippen LogP contribution is -2.43. The zero-order valence-corrected chi connectivity index (χ0v) is 17.0. The Morgan fingerprint density at radius 1 is 1.16 bits per heavy atom. The molecule has 0 aromatic carbocycles. The van der Waals surface area contributed by atoms with Gasteiger partial charge in [-0.15, -0.1) is 0 Å². The predicted molar refractivity (Wildman–Crippen MR) is 98.0 cm³/mol. The molecule has 0 bridgehead atoms. The lowest BCUT2D eigenvalue weighted by molar-refractivity contribution is -0.138. The van der Waals surface area contributed by atoms with Crippen molar-refractivity contribution in [3.8, 4) is 0 Å². The lowest BCUT2D eigenvalue weighted by Gasteiger charge is -2.27. The highest BCUT2D eigenvalue weighted by Gasteiger charge is 2.45. The van der Waals surface area contributed by atoms with Crippen LogP contribution in [0.5, 0.6) is 0 Å². The van der Waals surface area contributed by atoms with Gasteiger partial charge >= 0.3 is 14.8 Å². The van der Waals surface area contributed by atoms with E-state index in [-0.39, 0.29) is 5.97 Å². The lowest BCUT2D eigenvalue weighted by atomic mass is 9.88. The van der Waals surface area contributed by atoms with Crippen LogP contribution < -0.4 is 0 Å². The fraction of sp³-hybridized carbons (Fsp3) is 0.778. The van der Waals surface area contributed by atoms with E-state index in [0.29, 0.717) is 30.8 Å². The molecular weight excluding hydrogens is 340 g/mol. The fourth-order valence-electron chi connectivity index (χ4n) is 2.97. The quantitative estimate of drug-likeness (QED) is 0.268. The summed E-state index contributed by atoms with van der Waals surface area (Å²) in [5, 5.41) is 0. The molecule has 1 aliphatic heterocycles. The van der Waals surface area contributed by atoms with Crippen molar-refractivity contribution in [2.24, 2.45) is 5.92 Å². The first-order valence-electron chi connectivity index (χ1n) is 8.84. The molecule has 0 N–H and O–H groups in total. The highest BCUT2D eigenvalue weighted by Crippen LogP contribution is 2.41. The number of carbonyl (C=O) groups excluding carboxylic acids is 1. The van der Waals surface area contributed by atoms with Gasteiger partial charge in [0.25, 0.3) is 0 Å². The Labute approximate surface area is 153 Å². The van der Waals surface area contributed by atoms with E-state index >= 15 is 0 Å². The molecule has 2 aliphatic rings. The summed E-state index contributed by atoms with van der Waals surface area (Å²) >= 11 is 0. The highest BCUT2D eigenvalue weighted by atomic mass is 28.4. The highest BCUT2D eigenvalue weighted by molar-refractivity contribution is 6.60. The minimum Gasteiger partial charge on any atom is -0.462 e. The van der Waals surface area contributed by atoms with Gasteiger partial charge in [-0.3, -0.25) is 0 Å². The second-order valence-electron chi connectivity index (χ2n) is 6.50. The number of hydrogen-bond donors (Lipinski definition) is 0. The molecule has 3 atom stereocenters. The SMILES string of the molecule is CO[Si](CCC1CCC2OC2C1)(OC)OC.[CH2]CCOC(=O)C(=C)C. The summed E-state index contributed by atoms with van der Waals surface area (Å²) in [6, 6.07) is 0.915. The van der Waals surface area contributed by atoms with Crippen LogP contribution >= 0.6 is 0 Å². The largest absolute Gasteiger partial charge is 0.500 e. The Morgan fingerprint density at radius 2 is 1.80 bits per heavy atom. The zero-order chi connectivity index (χ0) is 18.9. The third-order valence-electron chi connectivity index (χ3n) is 4.63. The average molecular weight is 374 g/mol. The van der Waals surface area contributed by atoms with Crippen molar-refractivity contribution in [3.63, 3.8) is 0 Å². The van der Waals surface area contributed by atoms with E-state index < -0.39 is 8.80 Å². The molecule has 0 spiro atoms. The minimum atomic E-state index is -2.35. The van der Waals surface area contributed by atoms with Crippen LogP contribution in [-0.2, 0) is 27.5 Å². The number of rotatable bonds is 9. The second kappa shape index (κ2) is 11.1. The van der Waals surface area contributed by atoms with E-state index in [0.717, 1.165) is 18.4 Å². The van der Waals surface area contributed by atoms with Crippen LogP contribution in [0, 0.1) is 12.8 Å². The molecule has 2 rings (SSSR count). The zero-order valence-electron chi connectivity index (χ0n) is 16.0. The topological polar surface area (TPSA) is 66.5 Å². The van der Waals surface area contributed by atoms with Gasteiger partial charge in [-0.1, -0.05) is 6.58 Å². The van der Waals surface area contributed by atoms with Crippen molar-refractivity contribution >= 4 is 14.8 Å². The van der Waals surface area contributed by atoms with Crippen LogP contribution in [0.2, 0.25) is 6.04 Å². The number of esters is 1. The maximum absolute atomic E-state index is 10.6. The Kier molecular flexibility index (Phi) is 9.89. The van der Waals surface area contributed by atoms with E-state index in [4.69, 9.17) is 18.0 Å². The van der Waals surface area contributed by atoms with Crippen molar-refractivity contribution < 1.29 is 27.5 Å². The van der Waals surface area contributed by atoms with E-state index in [1.54, 1.807) is 28.3 Å². The standard InChI is InChI=1S/C11H22O4Si.C7H11O2/c1-12-16(13-2,14-3)7-6-9-4-5-10-11(8-9)15-10;1-4-5-9-7(8)6(2)3/h9-11H,4-8H2,1-3H3;1-2,4-5H2,3H3. The maximum Gasteiger partial charge on any atom is 0.500 e. The molecule has 0 aromatic rings. The van der Waals surface area contributed by atoms with Gasteiger partial charge in [-0.05, 0) is 51.9 Å². The van der Waals surface area contributed by atoms with Crippen molar-refractivity contribution in [1.29, 1.82) is 0 Å². The van der Waals surface area contributed by atoms with Crippen LogP contribution in [-0.4, -0.2) is 54.9 Å². The van der Waals surface area contributed by atoms with Crippen LogP contribution in [0.25, 0.3) is 0 Å². The van der Waals surface area contributed by atoms with Crippen molar-refractivity contribution in [2.45, 2.75) is 57.3 Å². The summed E-state index contributed by atoms with van der Waals surface area (Å²) in [4.78, 5) is 10.6. The van der Waals surface area contributed by atoms with Crippen LogP contribution in [0.3, 0.4) is 0 Å². The average Bonchev–Trinajstić information content (AvgIpc) is 3.40. The molecule has 25 heavy (non-hydrogen) atoms. The Morgan fingerprint density at radius 3 is 2.28 bits per heavy atom. The van der Waals surface area contributed by atoms with Crippen LogP contribution in [0.15, 0.2) is 12.2 Å². The van der Waals surface area contributed by atoms with Gasteiger partial charge in [-0.25, -0.2) is 4.79 Å². The summed E-state index contributed by atoms with van der Waals surface area (Å²) in [6.45, 7) is 8.92. The third kappa shape index (κ3) is 7.58. The molecule has 1 heterocycles. The number of hydrogen-bond acceptors (Lipinski definition) is 6. The van der Waals surface area contributed by atoms with Gasteiger partial charge in [0.15, 0.2) is 0 Å². The molecule has 0 aromatic heterocycles. The van der Waals surface area contributed by atoms with Crippen molar-refractivity contribution in [2.75, 3.05) is 27.9 Å². The number of epoxide rings is 1. The van der Waals surface area contributed by atoms with Gasteiger partial charge in [0.1, 0.15) is 0 Å². The molecule has 1 saturated carbocycles. The van der Waals surface area contributed by atoms with Gasteiger partial charge in [0.2, 0.25) is 0 Å². The molecule has 6 nitrogen and oxygen atoms in total. The van der Waals surface area contributed by atoms with Gasteiger partial charge in [0, 0.05) is 32.9 Å². The second-order valence-corrected chi connectivity index (χ2v) is 9.59. The summed E-state index contributed by atoms with van der Waals surface area (Å²) in [7, 11) is 2.69. The third-order valence-corrected chi connectivity index (χ3v) is 7.40. The van der Waals surface area contributed by atoms with Crippen molar-refractivity contribution in [3.05, 3.63) is 19.1 Å². The summed E-state index contributed by atoms with van der Waals surface area (Å²) in [6.07, 6.45) is 6.62. The first-order valence-corrected chi connectivity index (χ1v) is 10.8. The fourth-order valence-corrected chi connectivity index (χ4v) is 4.85. The molecule has 7 heteroatoms. The van der Waals surface area contributed by atoms with E-state index in [1.165, 1.54) is 19.3 Å². The predicted octanol–water partition coefficient (Wildman–Crippen LogP) is 3.15. The Bertz CT molecular complexity index is 416. The number of fused-ring (bicyclic) bond motifs is 1. The first kappa shape index (κ1) is 22.3.